The zero-order valence-corrected chi connectivity index (χ0v) is 13.6. The molecule has 0 spiro atoms. The molecule has 2 aromatic carbocycles. The van der Waals surface area contributed by atoms with Crippen LogP contribution in [0.5, 0.6) is 0 Å². The monoisotopic (exact) mass is 322 g/mol. The van der Waals surface area contributed by atoms with Crippen LogP contribution in [0.1, 0.15) is 18.4 Å². The second-order valence-electron chi connectivity index (χ2n) is 7.03. The van der Waals surface area contributed by atoms with Crippen LogP contribution in [0, 0.1) is 11.8 Å². The molecule has 1 saturated heterocycles. The molecule has 124 valence electrons. The lowest BCUT2D eigenvalue weighted by Crippen LogP contribution is -2.35. The smallest absolute Gasteiger partial charge is 0.321 e. The largest absolute Gasteiger partial charge is 0.385 e. The minimum Gasteiger partial charge on any atom is -0.385 e. The van der Waals surface area contributed by atoms with Crippen molar-refractivity contribution in [3.8, 4) is 0 Å². The van der Waals surface area contributed by atoms with Crippen LogP contribution in [0.3, 0.4) is 0 Å². The second kappa shape index (κ2) is 5.95. The van der Waals surface area contributed by atoms with Crippen molar-refractivity contribution in [2.24, 2.45) is 11.8 Å². The van der Waals surface area contributed by atoms with Gasteiger partial charge in [0.15, 0.2) is 0 Å². The normalized spacial score (nSPS) is 28.6. The van der Waals surface area contributed by atoms with E-state index in [-0.39, 0.29) is 6.03 Å². The minimum atomic E-state index is -0.738. The number of anilines is 1. The third-order valence-electron chi connectivity index (χ3n) is 5.40. The fraction of sp³-hybridized carbons (Fsp3) is 0.350. The molecule has 2 amide bonds. The van der Waals surface area contributed by atoms with E-state index in [1.54, 1.807) is 0 Å². The van der Waals surface area contributed by atoms with Crippen LogP contribution in [0.2, 0.25) is 0 Å². The van der Waals surface area contributed by atoms with Gasteiger partial charge < -0.3 is 15.3 Å². The Morgan fingerprint density at radius 3 is 2.08 bits per heavy atom. The first-order valence-corrected chi connectivity index (χ1v) is 8.53. The van der Waals surface area contributed by atoms with E-state index in [0.717, 1.165) is 37.2 Å². The molecule has 2 N–H and O–H groups in total. The molecule has 2 aromatic rings. The molecule has 24 heavy (non-hydrogen) atoms. The predicted octanol–water partition coefficient (Wildman–Crippen LogP) is 3.45. The number of hydrogen-bond donors (Lipinski definition) is 2. The van der Waals surface area contributed by atoms with Gasteiger partial charge in [0.2, 0.25) is 0 Å². The first kappa shape index (κ1) is 15.2. The Kier molecular flexibility index (Phi) is 3.77. The summed E-state index contributed by atoms with van der Waals surface area (Å²) in [6, 6.07) is 19.4. The van der Waals surface area contributed by atoms with Gasteiger partial charge in [0, 0.05) is 18.8 Å². The van der Waals surface area contributed by atoms with E-state index in [1.807, 2.05) is 65.6 Å². The third kappa shape index (κ3) is 2.78. The first-order chi connectivity index (χ1) is 11.6. The topological polar surface area (TPSA) is 52.6 Å². The van der Waals surface area contributed by atoms with Crippen LogP contribution in [-0.2, 0) is 5.60 Å². The molecule has 1 heterocycles. The fourth-order valence-electron chi connectivity index (χ4n) is 4.23. The number of benzene rings is 2. The van der Waals surface area contributed by atoms with Gasteiger partial charge in [-0.05, 0) is 42.4 Å². The first-order valence-electron chi connectivity index (χ1n) is 8.53. The van der Waals surface area contributed by atoms with E-state index in [9.17, 15) is 9.90 Å². The maximum atomic E-state index is 12.4. The lowest BCUT2D eigenvalue weighted by atomic mass is 9.90. The van der Waals surface area contributed by atoms with Crippen LogP contribution in [0.4, 0.5) is 10.5 Å². The van der Waals surface area contributed by atoms with Gasteiger partial charge in [-0.1, -0.05) is 48.5 Å². The highest BCUT2D eigenvalue weighted by Gasteiger charge is 2.49. The lowest BCUT2D eigenvalue weighted by Gasteiger charge is -2.26. The molecule has 2 unspecified atom stereocenters. The van der Waals surface area contributed by atoms with Crippen molar-refractivity contribution in [2.75, 3.05) is 18.4 Å². The summed E-state index contributed by atoms with van der Waals surface area (Å²) in [5, 5.41) is 14.0. The number of nitrogens with one attached hydrogen (secondary N) is 1. The number of carbonyl (C=O) groups excluding carboxylic acids is 1. The average Bonchev–Trinajstić information content (AvgIpc) is 3.12. The van der Waals surface area contributed by atoms with Gasteiger partial charge in [0.25, 0.3) is 0 Å². The highest BCUT2D eigenvalue weighted by atomic mass is 16.3. The Morgan fingerprint density at radius 1 is 0.958 bits per heavy atom. The van der Waals surface area contributed by atoms with E-state index >= 15 is 0 Å². The molecule has 0 aromatic heterocycles. The van der Waals surface area contributed by atoms with E-state index < -0.39 is 5.60 Å². The van der Waals surface area contributed by atoms with Crippen LogP contribution >= 0.6 is 0 Å². The number of aliphatic hydroxyl groups is 1. The van der Waals surface area contributed by atoms with Crippen molar-refractivity contribution in [1.29, 1.82) is 0 Å². The quantitative estimate of drug-likeness (QED) is 0.890. The average molecular weight is 322 g/mol. The summed E-state index contributed by atoms with van der Waals surface area (Å²) >= 11 is 0. The summed E-state index contributed by atoms with van der Waals surface area (Å²) in [6.45, 7) is 1.44. The van der Waals surface area contributed by atoms with Gasteiger partial charge in [-0.3, -0.25) is 0 Å². The maximum Gasteiger partial charge on any atom is 0.321 e. The fourth-order valence-corrected chi connectivity index (χ4v) is 4.23. The number of urea groups is 1. The Morgan fingerprint density at radius 2 is 1.50 bits per heavy atom. The summed E-state index contributed by atoms with van der Waals surface area (Å²) in [5.74, 6) is 0.744. The van der Waals surface area contributed by atoms with Gasteiger partial charge in [0.1, 0.15) is 0 Å². The van der Waals surface area contributed by atoms with Crippen LogP contribution in [0.15, 0.2) is 60.7 Å². The highest BCUT2D eigenvalue weighted by molar-refractivity contribution is 5.89. The summed E-state index contributed by atoms with van der Waals surface area (Å²) in [5.41, 5.74) is 1.08. The van der Waals surface area contributed by atoms with E-state index in [4.69, 9.17) is 0 Å². The molecule has 2 fully saturated rings. The summed E-state index contributed by atoms with van der Waals surface area (Å²) in [7, 11) is 0. The summed E-state index contributed by atoms with van der Waals surface area (Å²) in [4.78, 5) is 14.3. The molecule has 0 radical (unpaired) electrons. The Labute approximate surface area is 142 Å². The molecule has 4 heteroatoms. The Hall–Kier alpha value is -2.33. The number of fused-ring (bicyclic) bond motifs is 1. The van der Waals surface area contributed by atoms with E-state index in [0.29, 0.717) is 11.8 Å². The third-order valence-corrected chi connectivity index (χ3v) is 5.40. The van der Waals surface area contributed by atoms with Crippen LogP contribution in [0.25, 0.3) is 0 Å². The standard InChI is InChI=1S/C20H22N2O2/c23-19(21-18-9-5-2-6-10-18)22-13-15-11-20(24,12-16(15)14-22)17-7-3-1-4-8-17/h1-10,15-16,24H,11-14H2,(H,21,23). The van der Waals surface area contributed by atoms with E-state index in [2.05, 4.69) is 5.32 Å². The Balaban J connectivity index is 1.40. The van der Waals surface area contributed by atoms with Crippen molar-refractivity contribution < 1.29 is 9.90 Å². The molecule has 1 aliphatic heterocycles. The molecule has 1 aliphatic carbocycles. The molecule has 1 saturated carbocycles. The number of nitrogens with zero attached hydrogens (tertiary/aromatic N) is 1. The molecule has 4 rings (SSSR count). The predicted molar refractivity (Wildman–Crippen MR) is 93.6 cm³/mol. The van der Waals surface area contributed by atoms with Gasteiger partial charge in [-0.2, -0.15) is 0 Å². The van der Waals surface area contributed by atoms with Gasteiger partial charge in [-0.25, -0.2) is 4.79 Å². The highest BCUT2D eigenvalue weighted by Crippen LogP contribution is 2.48. The van der Waals surface area contributed by atoms with Crippen molar-refractivity contribution in [1.82, 2.24) is 4.90 Å². The molecular weight excluding hydrogens is 300 g/mol. The van der Waals surface area contributed by atoms with Crippen molar-refractivity contribution >= 4 is 11.7 Å². The van der Waals surface area contributed by atoms with Crippen molar-refractivity contribution in [3.05, 3.63) is 66.2 Å². The number of rotatable bonds is 2. The van der Waals surface area contributed by atoms with Gasteiger partial charge in [0.05, 0.1) is 5.60 Å². The molecule has 2 atom stereocenters. The number of carbonyl (C=O) groups is 1. The van der Waals surface area contributed by atoms with Crippen LogP contribution in [-0.4, -0.2) is 29.1 Å². The zero-order valence-electron chi connectivity index (χ0n) is 13.6. The van der Waals surface area contributed by atoms with Crippen LogP contribution < -0.4 is 5.32 Å². The summed E-state index contributed by atoms with van der Waals surface area (Å²) in [6.07, 6.45) is 1.47. The lowest BCUT2D eigenvalue weighted by molar-refractivity contribution is 0.0328. The van der Waals surface area contributed by atoms with Crippen molar-refractivity contribution in [3.63, 3.8) is 0 Å². The molecule has 4 nitrogen and oxygen atoms in total. The zero-order chi connectivity index (χ0) is 16.6. The van der Waals surface area contributed by atoms with Gasteiger partial charge in [-0.15, -0.1) is 0 Å². The number of para-hydroxylation sites is 1. The minimum absolute atomic E-state index is 0.0427. The second-order valence-corrected chi connectivity index (χ2v) is 7.03. The molecule has 2 aliphatic rings. The maximum absolute atomic E-state index is 12.4. The SMILES string of the molecule is O=C(Nc1ccccc1)N1CC2CC(O)(c3ccccc3)CC2C1. The number of hydrogen-bond acceptors (Lipinski definition) is 2. The van der Waals surface area contributed by atoms with Crippen molar-refractivity contribution in [2.45, 2.75) is 18.4 Å². The number of likely N-dealkylation sites (tertiary alicyclic amines) is 1. The van der Waals surface area contributed by atoms with Gasteiger partial charge >= 0.3 is 6.03 Å². The Bertz CT molecular complexity index is 703. The van der Waals surface area contributed by atoms with E-state index in [1.165, 1.54) is 0 Å². The molecular formula is C20H22N2O2. The summed E-state index contributed by atoms with van der Waals surface area (Å²) < 4.78 is 0. The molecule has 0 bridgehead atoms. The number of amides is 2.